The summed E-state index contributed by atoms with van der Waals surface area (Å²) in [6.07, 6.45) is 78.9. The molecule has 0 rings (SSSR count). The first-order valence-corrected chi connectivity index (χ1v) is 29.0. The van der Waals surface area contributed by atoms with Crippen LogP contribution in [0.1, 0.15) is 361 Å². The molecule has 0 aliphatic heterocycles. The lowest BCUT2D eigenvalue weighted by Gasteiger charge is -2.06. The van der Waals surface area contributed by atoms with Crippen LogP contribution in [0.5, 0.6) is 0 Å². The first-order chi connectivity index (χ1) is 29.4. The molecule has 0 heterocycles. The highest BCUT2D eigenvalue weighted by molar-refractivity contribution is 4.55. The second-order valence-corrected chi connectivity index (χ2v) is 20.0. The van der Waals surface area contributed by atoms with E-state index in [4.69, 9.17) is 4.74 Å². The molecule has 0 unspecified atom stereocenters. The molecular weight excluding hydrogens is 713 g/mol. The molecule has 0 N–H and O–H groups in total. The lowest BCUT2D eigenvalue weighted by molar-refractivity contribution is 0.125. The molecule has 59 heavy (non-hydrogen) atoms. The molecule has 0 bridgehead atoms. The molecule has 0 saturated heterocycles. The van der Waals surface area contributed by atoms with Crippen LogP contribution in [0.2, 0.25) is 0 Å². The van der Waals surface area contributed by atoms with E-state index in [0.29, 0.717) is 0 Å². The minimum Gasteiger partial charge on any atom is -0.381 e. The second kappa shape index (κ2) is 58.0. The monoisotopic (exact) mass is 831 g/mol. The van der Waals surface area contributed by atoms with Crippen molar-refractivity contribution < 1.29 is 4.74 Å². The van der Waals surface area contributed by atoms with E-state index in [2.05, 4.69) is 13.8 Å². The van der Waals surface area contributed by atoms with Crippen LogP contribution >= 0.6 is 0 Å². The van der Waals surface area contributed by atoms with Crippen LogP contribution in [0.4, 0.5) is 0 Å². The standard InChI is InChI=1S/C58H118O/c1-3-5-7-9-11-13-15-17-19-21-23-25-27-29-31-33-35-37-39-41-43-45-47-49-51-53-55-57-59-58-56-54-52-50-48-46-44-42-40-38-36-34-32-30-28-26-24-22-20-18-16-14-12-10-8-6-4-2/h3-58H2,1-2H3. The Bertz CT molecular complexity index is 616. The lowest BCUT2D eigenvalue weighted by atomic mass is 10.0. The van der Waals surface area contributed by atoms with Crippen molar-refractivity contribution in [3.05, 3.63) is 0 Å². The fourth-order valence-corrected chi connectivity index (χ4v) is 9.50. The molecule has 0 radical (unpaired) electrons. The lowest BCUT2D eigenvalue weighted by Crippen LogP contribution is -1.97. The minimum absolute atomic E-state index is 0.999. The molecular formula is C58H118O. The van der Waals surface area contributed by atoms with Gasteiger partial charge in [-0.15, -0.1) is 0 Å². The molecule has 0 aliphatic rings. The zero-order chi connectivity index (χ0) is 42.3. The Hall–Kier alpha value is -0.0400. The van der Waals surface area contributed by atoms with Gasteiger partial charge >= 0.3 is 0 Å². The summed E-state index contributed by atoms with van der Waals surface area (Å²) < 4.78 is 5.95. The maximum Gasteiger partial charge on any atom is 0.0466 e. The van der Waals surface area contributed by atoms with Crippen LogP contribution in [0.25, 0.3) is 0 Å². The fourth-order valence-electron chi connectivity index (χ4n) is 9.50. The van der Waals surface area contributed by atoms with Crippen LogP contribution in [-0.2, 0) is 4.74 Å². The summed E-state index contributed by atoms with van der Waals surface area (Å²) in [5, 5.41) is 0. The van der Waals surface area contributed by atoms with E-state index in [1.54, 1.807) is 0 Å². The molecule has 0 amide bonds. The van der Waals surface area contributed by atoms with Crippen LogP contribution < -0.4 is 0 Å². The molecule has 0 fully saturated rings. The average Bonchev–Trinajstić information content (AvgIpc) is 3.25. The van der Waals surface area contributed by atoms with Gasteiger partial charge < -0.3 is 4.74 Å². The van der Waals surface area contributed by atoms with Gasteiger partial charge in [-0.05, 0) is 12.8 Å². The second-order valence-electron chi connectivity index (χ2n) is 20.0. The van der Waals surface area contributed by atoms with Gasteiger partial charge in [0, 0.05) is 13.2 Å². The summed E-state index contributed by atoms with van der Waals surface area (Å²) in [5.74, 6) is 0. The van der Waals surface area contributed by atoms with Crippen molar-refractivity contribution in [2.24, 2.45) is 0 Å². The Morgan fingerprint density at radius 3 is 0.356 bits per heavy atom. The zero-order valence-corrected chi connectivity index (χ0v) is 42.0. The molecule has 0 aromatic rings. The van der Waals surface area contributed by atoms with Gasteiger partial charge in [0.05, 0.1) is 0 Å². The molecule has 0 atom stereocenters. The largest absolute Gasteiger partial charge is 0.381 e. The van der Waals surface area contributed by atoms with E-state index in [0.717, 1.165) is 13.2 Å². The molecule has 0 aromatic carbocycles. The van der Waals surface area contributed by atoms with Crippen LogP contribution in [0.3, 0.4) is 0 Å². The maximum atomic E-state index is 5.95. The van der Waals surface area contributed by atoms with E-state index in [1.165, 1.54) is 347 Å². The van der Waals surface area contributed by atoms with E-state index >= 15 is 0 Å². The predicted molar refractivity (Wildman–Crippen MR) is 271 cm³/mol. The minimum atomic E-state index is 0.999. The Labute approximate surface area is 377 Å². The van der Waals surface area contributed by atoms with Crippen LogP contribution in [-0.4, -0.2) is 13.2 Å². The van der Waals surface area contributed by atoms with Gasteiger partial charge in [0.15, 0.2) is 0 Å². The maximum absolute atomic E-state index is 5.95. The van der Waals surface area contributed by atoms with Crippen LogP contribution in [0.15, 0.2) is 0 Å². The Morgan fingerprint density at radius 2 is 0.237 bits per heavy atom. The highest BCUT2D eigenvalue weighted by Crippen LogP contribution is 2.18. The van der Waals surface area contributed by atoms with Crippen molar-refractivity contribution in [2.75, 3.05) is 13.2 Å². The van der Waals surface area contributed by atoms with Crippen molar-refractivity contribution in [3.8, 4) is 0 Å². The van der Waals surface area contributed by atoms with E-state index in [9.17, 15) is 0 Å². The smallest absolute Gasteiger partial charge is 0.0466 e. The molecule has 0 spiro atoms. The van der Waals surface area contributed by atoms with Gasteiger partial charge in [-0.25, -0.2) is 0 Å². The van der Waals surface area contributed by atoms with Crippen molar-refractivity contribution in [3.63, 3.8) is 0 Å². The summed E-state index contributed by atoms with van der Waals surface area (Å²) in [7, 11) is 0. The summed E-state index contributed by atoms with van der Waals surface area (Å²) >= 11 is 0. The third-order valence-electron chi connectivity index (χ3n) is 13.8. The van der Waals surface area contributed by atoms with Gasteiger partial charge in [-0.3, -0.25) is 0 Å². The quantitative estimate of drug-likeness (QED) is 0.0555. The van der Waals surface area contributed by atoms with E-state index in [1.807, 2.05) is 0 Å². The number of hydrogen-bond donors (Lipinski definition) is 0. The normalized spacial score (nSPS) is 11.7. The topological polar surface area (TPSA) is 9.23 Å². The van der Waals surface area contributed by atoms with Crippen LogP contribution in [0, 0.1) is 0 Å². The first kappa shape index (κ1) is 59.0. The number of ether oxygens (including phenoxy) is 1. The van der Waals surface area contributed by atoms with Crippen molar-refractivity contribution >= 4 is 0 Å². The molecule has 0 saturated carbocycles. The van der Waals surface area contributed by atoms with Gasteiger partial charge in [-0.2, -0.15) is 0 Å². The molecule has 0 aliphatic carbocycles. The summed E-state index contributed by atoms with van der Waals surface area (Å²) in [6, 6.07) is 0. The van der Waals surface area contributed by atoms with Crippen molar-refractivity contribution in [1.82, 2.24) is 0 Å². The van der Waals surface area contributed by atoms with E-state index < -0.39 is 0 Å². The third kappa shape index (κ3) is 58.0. The average molecular weight is 832 g/mol. The molecule has 1 heteroatoms. The molecule has 0 aromatic heterocycles. The summed E-state index contributed by atoms with van der Waals surface area (Å²) in [6.45, 7) is 6.62. The van der Waals surface area contributed by atoms with Crippen molar-refractivity contribution in [1.29, 1.82) is 0 Å². The van der Waals surface area contributed by atoms with E-state index in [-0.39, 0.29) is 0 Å². The summed E-state index contributed by atoms with van der Waals surface area (Å²) in [5.41, 5.74) is 0. The number of unbranched alkanes of at least 4 members (excludes halogenated alkanes) is 52. The van der Waals surface area contributed by atoms with Gasteiger partial charge in [0.1, 0.15) is 0 Å². The Kier molecular flexibility index (Phi) is 57.9. The number of hydrogen-bond acceptors (Lipinski definition) is 1. The van der Waals surface area contributed by atoms with Crippen molar-refractivity contribution in [2.45, 2.75) is 361 Å². The Balaban J connectivity index is 3.06. The Morgan fingerprint density at radius 1 is 0.136 bits per heavy atom. The highest BCUT2D eigenvalue weighted by atomic mass is 16.5. The first-order valence-electron chi connectivity index (χ1n) is 29.0. The van der Waals surface area contributed by atoms with Gasteiger partial charge in [0.2, 0.25) is 0 Å². The predicted octanol–water partition coefficient (Wildman–Crippen LogP) is 22.1. The zero-order valence-electron chi connectivity index (χ0n) is 42.0. The number of rotatable bonds is 56. The summed E-state index contributed by atoms with van der Waals surface area (Å²) in [4.78, 5) is 0. The third-order valence-corrected chi connectivity index (χ3v) is 13.8. The van der Waals surface area contributed by atoms with Gasteiger partial charge in [0.25, 0.3) is 0 Å². The highest BCUT2D eigenvalue weighted by Gasteiger charge is 1.99. The molecule has 1 nitrogen and oxygen atoms in total. The SMILES string of the molecule is CCCCCCCCCCCCCCCCCCCCCCCCCCCCCOCCCCCCCCCCCCCCCCCCCCCCCCCCCCC. The van der Waals surface area contributed by atoms with Gasteiger partial charge in [-0.1, -0.05) is 348 Å². The molecule has 356 valence electrons. The fraction of sp³-hybridized carbons (Fsp3) is 1.00.